The molecule has 9 nitrogen and oxygen atoms in total. The number of allylic oxidation sites excluding steroid dienone is 1. The number of benzene rings is 1. The Morgan fingerprint density at radius 2 is 1.74 bits per heavy atom. The zero-order valence-corrected chi connectivity index (χ0v) is 20.9. The summed E-state index contributed by atoms with van der Waals surface area (Å²) in [5.74, 6) is 1.11. The van der Waals surface area contributed by atoms with E-state index in [9.17, 15) is 24.0 Å². The van der Waals surface area contributed by atoms with Gasteiger partial charge in [-0.05, 0) is 30.2 Å². The Morgan fingerprint density at radius 1 is 1.09 bits per heavy atom. The number of aliphatic hydroxyl groups is 1. The first-order chi connectivity index (χ1) is 16.1. The smallest absolute Gasteiger partial charge is 0.374 e. The molecule has 0 aliphatic carbocycles. The van der Waals surface area contributed by atoms with Crippen LogP contribution < -0.4 is 4.74 Å². The molecule has 2 unspecified atom stereocenters. The van der Waals surface area contributed by atoms with Crippen molar-refractivity contribution < 1.29 is 37.8 Å². The third-order valence-electron chi connectivity index (χ3n) is 5.52. The van der Waals surface area contributed by atoms with Gasteiger partial charge in [0.05, 0.1) is 5.76 Å². The van der Waals surface area contributed by atoms with Crippen LogP contribution in [0.15, 0.2) is 61.1 Å². The number of nitrogens with zero attached hydrogens (tertiary/aromatic N) is 1. The van der Waals surface area contributed by atoms with Gasteiger partial charge in [-0.15, -0.1) is 0 Å². The summed E-state index contributed by atoms with van der Waals surface area (Å²) in [6.07, 6.45) is 6.90. The molecule has 0 radical (unpaired) electrons. The minimum absolute atomic E-state index is 0.213. The molecule has 0 spiro atoms. The second kappa shape index (κ2) is 11.3. The van der Waals surface area contributed by atoms with Gasteiger partial charge in [-0.3, -0.25) is 23.2 Å². The molecule has 3 rings (SSSR count). The van der Waals surface area contributed by atoms with E-state index >= 15 is 0 Å². The first kappa shape index (κ1) is 26.8. The molecular formula is C23H31NO8P2. The maximum absolute atomic E-state index is 12.9. The summed E-state index contributed by atoms with van der Waals surface area (Å²) in [4.78, 5) is 24.7. The molecule has 1 saturated heterocycles. The SMILES string of the molecule is C=C(CCCCCCC)Oc1ccc(C2OP(=O)(O)C(O)(Cc3cccnc3)P(=O)(O)O2)cc1. The average molecular weight is 511 g/mol. The summed E-state index contributed by atoms with van der Waals surface area (Å²) in [6.45, 7) is 6.09. The molecule has 11 heteroatoms. The lowest BCUT2D eigenvalue weighted by atomic mass is 10.1. The van der Waals surface area contributed by atoms with Crippen molar-refractivity contribution in [1.82, 2.24) is 4.98 Å². The highest BCUT2D eigenvalue weighted by atomic mass is 31.2. The third-order valence-corrected chi connectivity index (χ3v) is 10.1. The average Bonchev–Trinajstić information content (AvgIpc) is 2.78. The van der Waals surface area contributed by atoms with Crippen LogP contribution in [0.4, 0.5) is 0 Å². The first-order valence-electron chi connectivity index (χ1n) is 11.2. The molecule has 1 aromatic carbocycles. The summed E-state index contributed by atoms with van der Waals surface area (Å²) in [6, 6.07) is 9.15. The summed E-state index contributed by atoms with van der Waals surface area (Å²) < 4.78 is 41.7. The van der Waals surface area contributed by atoms with Gasteiger partial charge < -0.3 is 19.6 Å². The summed E-state index contributed by atoms with van der Waals surface area (Å²) in [5.41, 5.74) is 0.482. The molecule has 1 aliphatic heterocycles. The molecule has 0 saturated carbocycles. The Balaban J connectivity index is 1.66. The summed E-state index contributed by atoms with van der Waals surface area (Å²) in [5, 5.41) is 7.74. The molecule has 1 aliphatic rings. The lowest BCUT2D eigenvalue weighted by molar-refractivity contribution is -0.0579. The lowest BCUT2D eigenvalue weighted by Gasteiger charge is -2.41. The van der Waals surface area contributed by atoms with Crippen molar-refractivity contribution in [2.45, 2.75) is 63.2 Å². The van der Waals surface area contributed by atoms with E-state index in [1.54, 1.807) is 12.1 Å². The Labute approximate surface area is 199 Å². The van der Waals surface area contributed by atoms with Gasteiger partial charge in [0.25, 0.3) is 5.08 Å². The number of ether oxygens (including phenoxy) is 1. The van der Waals surface area contributed by atoms with E-state index in [1.165, 1.54) is 55.9 Å². The van der Waals surface area contributed by atoms with Gasteiger partial charge in [0, 0.05) is 30.8 Å². The fourth-order valence-corrected chi connectivity index (χ4v) is 7.12. The van der Waals surface area contributed by atoms with Crippen LogP contribution in [0.25, 0.3) is 0 Å². The Kier molecular flexibility index (Phi) is 8.87. The van der Waals surface area contributed by atoms with Crippen molar-refractivity contribution in [3.05, 3.63) is 72.3 Å². The molecular weight excluding hydrogens is 480 g/mol. The Morgan fingerprint density at radius 3 is 2.32 bits per heavy atom. The van der Waals surface area contributed by atoms with Crippen molar-refractivity contribution in [3.63, 3.8) is 0 Å². The molecule has 0 amide bonds. The first-order valence-corrected chi connectivity index (χ1v) is 14.3. The second-order valence-electron chi connectivity index (χ2n) is 8.27. The number of rotatable bonds is 11. The monoisotopic (exact) mass is 511 g/mol. The van der Waals surface area contributed by atoms with Crippen molar-refractivity contribution in [1.29, 1.82) is 0 Å². The highest BCUT2D eigenvalue weighted by molar-refractivity contribution is 7.73. The topological polar surface area (TPSA) is 135 Å². The highest BCUT2D eigenvalue weighted by Crippen LogP contribution is 2.79. The van der Waals surface area contributed by atoms with E-state index in [2.05, 4.69) is 18.5 Å². The summed E-state index contributed by atoms with van der Waals surface area (Å²) >= 11 is 0. The van der Waals surface area contributed by atoms with Crippen LogP contribution in [0.5, 0.6) is 5.75 Å². The number of hydrogen-bond acceptors (Lipinski definition) is 7. The van der Waals surface area contributed by atoms with E-state index in [0.717, 1.165) is 19.3 Å². The van der Waals surface area contributed by atoms with Gasteiger partial charge in [-0.25, -0.2) is 0 Å². The molecule has 3 N–H and O–H groups in total. The van der Waals surface area contributed by atoms with Crippen LogP contribution in [-0.4, -0.2) is 25.0 Å². The molecule has 1 fully saturated rings. The van der Waals surface area contributed by atoms with Crippen LogP contribution in [0.1, 0.15) is 62.9 Å². The molecule has 0 bridgehead atoms. The number of aromatic nitrogens is 1. The fourth-order valence-electron chi connectivity index (χ4n) is 3.54. The van der Waals surface area contributed by atoms with E-state index in [4.69, 9.17) is 13.8 Å². The highest BCUT2D eigenvalue weighted by Gasteiger charge is 2.67. The molecule has 1 aromatic heterocycles. The van der Waals surface area contributed by atoms with Gasteiger partial charge >= 0.3 is 15.2 Å². The standard InChI is InChI=1S/C23H31NO8P2/c1-3-4-5-6-7-9-18(2)30-21-13-11-20(12-14-21)22-31-33(26,27)23(25,34(28,29)32-22)16-19-10-8-15-24-17-19/h8,10-15,17,22,25H,2-7,9,16H2,1H3,(H,26,27)(H,28,29). The maximum Gasteiger partial charge on any atom is 0.374 e. The van der Waals surface area contributed by atoms with E-state index in [1.807, 2.05) is 0 Å². The van der Waals surface area contributed by atoms with Gasteiger partial charge in [-0.2, -0.15) is 0 Å². The van der Waals surface area contributed by atoms with Crippen LogP contribution in [0, 0.1) is 0 Å². The quantitative estimate of drug-likeness (QED) is 0.199. The van der Waals surface area contributed by atoms with Crippen LogP contribution >= 0.6 is 15.2 Å². The van der Waals surface area contributed by atoms with Crippen LogP contribution in [0.3, 0.4) is 0 Å². The molecule has 2 atom stereocenters. The fraction of sp³-hybridized carbons (Fsp3) is 0.435. The maximum atomic E-state index is 12.9. The van der Waals surface area contributed by atoms with Gasteiger partial charge in [0.2, 0.25) is 6.29 Å². The van der Waals surface area contributed by atoms with Gasteiger partial charge in [0.15, 0.2) is 0 Å². The van der Waals surface area contributed by atoms with Crippen LogP contribution in [0.2, 0.25) is 0 Å². The second-order valence-corrected chi connectivity index (χ2v) is 12.6. The van der Waals surface area contributed by atoms with E-state index in [0.29, 0.717) is 11.5 Å². The molecule has 186 valence electrons. The zero-order valence-electron chi connectivity index (χ0n) is 19.1. The predicted octanol–water partition coefficient (Wildman–Crippen LogP) is 5.64. The third kappa shape index (κ3) is 6.23. The zero-order chi connectivity index (χ0) is 24.8. The normalized spacial score (nSPS) is 29.0. The van der Waals surface area contributed by atoms with Crippen molar-refractivity contribution in [3.8, 4) is 5.75 Å². The van der Waals surface area contributed by atoms with Gasteiger partial charge in [0.1, 0.15) is 5.75 Å². The van der Waals surface area contributed by atoms with Crippen LogP contribution in [-0.2, 0) is 24.6 Å². The number of pyridine rings is 1. The van der Waals surface area contributed by atoms with E-state index < -0.39 is 33.0 Å². The summed E-state index contributed by atoms with van der Waals surface area (Å²) in [7, 11) is -10.1. The molecule has 2 aromatic rings. The number of unbranched alkanes of at least 4 members (excludes halogenated alkanes) is 4. The van der Waals surface area contributed by atoms with Crippen molar-refractivity contribution in [2.24, 2.45) is 0 Å². The predicted molar refractivity (Wildman–Crippen MR) is 127 cm³/mol. The molecule has 34 heavy (non-hydrogen) atoms. The molecule has 2 heterocycles. The largest absolute Gasteiger partial charge is 0.462 e. The minimum atomic E-state index is -5.03. The Bertz CT molecular complexity index is 1030. The Hall–Kier alpha value is -1.83. The van der Waals surface area contributed by atoms with Crippen molar-refractivity contribution >= 4 is 15.2 Å². The van der Waals surface area contributed by atoms with Crippen molar-refractivity contribution in [2.75, 3.05) is 0 Å². The number of hydrogen-bond donors (Lipinski definition) is 3. The van der Waals surface area contributed by atoms with Gasteiger partial charge in [-0.1, -0.05) is 57.4 Å². The van der Waals surface area contributed by atoms with E-state index in [-0.39, 0.29) is 11.1 Å². The lowest BCUT2D eigenvalue weighted by Crippen LogP contribution is -2.37. The minimum Gasteiger partial charge on any atom is -0.462 e.